The molecule has 1 heterocycles. The second kappa shape index (κ2) is 9.98. The molecule has 1 aliphatic heterocycles. The fraction of sp³-hybridized carbons (Fsp3) is 0.478. The molecule has 2 aromatic carbocycles. The van der Waals surface area contributed by atoms with Gasteiger partial charge in [0.15, 0.2) is 9.84 Å². The maximum atomic E-state index is 13.9. The number of rotatable bonds is 8. The molecule has 30 heavy (non-hydrogen) atoms. The van der Waals surface area contributed by atoms with Gasteiger partial charge in [0.25, 0.3) is 0 Å². The standard InChI is InChI=1S/C23H30F2N2O2S/c1-30(28,29)22-4-2-18(3-5-22)23(19-14-20(24)16-21(25)15-19)9-13-27-11-7-17(6-10-26)8-12-27/h2-5,14-17,23H,6-13,26H2,1H3/t23-/m1/s1. The van der Waals surface area contributed by atoms with Crippen molar-refractivity contribution in [1.82, 2.24) is 4.90 Å². The van der Waals surface area contributed by atoms with Gasteiger partial charge in [-0.3, -0.25) is 0 Å². The Hall–Kier alpha value is -1.83. The van der Waals surface area contributed by atoms with E-state index in [4.69, 9.17) is 5.73 Å². The number of nitrogens with zero attached hydrogens (tertiary/aromatic N) is 1. The average Bonchev–Trinajstić information content (AvgIpc) is 2.69. The number of hydrogen-bond acceptors (Lipinski definition) is 4. The summed E-state index contributed by atoms with van der Waals surface area (Å²) in [4.78, 5) is 2.62. The van der Waals surface area contributed by atoms with E-state index < -0.39 is 21.5 Å². The van der Waals surface area contributed by atoms with Crippen LogP contribution >= 0.6 is 0 Å². The summed E-state index contributed by atoms with van der Waals surface area (Å²) in [6.45, 7) is 3.54. The number of nitrogens with two attached hydrogens (primary N) is 1. The maximum absolute atomic E-state index is 13.9. The number of piperidine rings is 1. The molecule has 1 fully saturated rings. The predicted molar refractivity (Wildman–Crippen MR) is 115 cm³/mol. The van der Waals surface area contributed by atoms with Gasteiger partial charge in [-0.05, 0) is 93.2 Å². The number of halogens is 2. The molecule has 2 aromatic rings. The Bertz CT molecular complexity index is 920. The quantitative estimate of drug-likeness (QED) is 0.681. The van der Waals surface area contributed by atoms with Gasteiger partial charge in [-0.2, -0.15) is 0 Å². The molecular formula is C23H30F2N2O2S. The first-order valence-electron chi connectivity index (χ1n) is 10.4. The summed E-state index contributed by atoms with van der Waals surface area (Å²) < 4.78 is 51.3. The molecule has 0 spiro atoms. The monoisotopic (exact) mass is 436 g/mol. The van der Waals surface area contributed by atoms with Gasteiger partial charge >= 0.3 is 0 Å². The van der Waals surface area contributed by atoms with Gasteiger partial charge in [-0.15, -0.1) is 0 Å². The van der Waals surface area contributed by atoms with E-state index in [-0.39, 0.29) is 10.8 Å². The SMILES string of the molecule is CS(=O)(=O)c1ccc([C@@H](CCN2CCC(CCN)CC2)c2cc(F)cc(F)c2)cc1. The Labute approximate surface area is 178 Å². The van der Waals surface area contributed by atoms with Crippen molar-refractivity contribution < 1.29 is 17.2 Å². The van der Waals surface area contributed by atoms with E-state index in [1.165, 1.54) is 12.1 Å². The summed E-state index contributed by atoms with van der Waals surface area (Å²) in [7, 11) is -3.30. The summed E-state index contributed by atoms with van der Waals surface area (Å²) in [6, 6.07) is 10.2. The summed E-state index contributed by atoms with van der Waals surface area (Å²) in [5.41, 5.74) is 7.09. The molecule has 164 valence electrons. The lowest BCUT2D eigenvalue weighted by molar-refractivity contribution is 0.177. The van der Waals surface area contributed by atoms with Crippen molar-refractivity contribution in [2.75, 3.05) is 32.4 Å². The van der Waals surface area contributed by atoms with Crippen LogP contribution < -0.4 is 5.73 Å². The minimum atomic E-state index is -3.30. The van der Waals surface area contributed by atoms with Gasteiger partial charge in [0.05, 0.1) is 4.90 Å². The van der Waals surface area contributed by atoms with Crippen molar-refractivity contribution in [3.8, 4) is 0 Å². The van der Waals surface area contributed by atoms with Crippen LogP contribution in [0.5, 0.6) is 0 Å². The second-order valence-electron chi connectivity index (χ2n) is 8.25. The zero-order valence-electron chi connectivity index (χ0n) is 17.4. The molecule has 0 aromatic heterocycles. The summed E-state index contributed by atoms with van der Waals surface area (Å²) >= 11 is 0. The third-order valence-electron chi connectivity index (χ3n) is 6.01. The van der Waals surface area contributed by atoms with Crippen LogP contribution in [0.25, 0.3) is 0 Å². The van der Waals surface area contributed by atoms with E-state index >= 15 is 0 Å². The second-order valence-corrected chi connectivity index (χ2v) is 10.3. The Balaban J connectivity index is 1.78. The molecule has 0 amide bonds. The van der Waals surface area contributed by atoms with Crippen molar-refractivity contribution in [3.63, 3.8) is 0 Å². The van der Waals surface area contributed by atoms with E-state index in [0.29, 0.717) is 17.9 Å². The fourth-order valence-corrected chi connectivity index (χ4v) is 4.93. The van der Waals surface area contributed by atoms with E-state index in [1.54, 1.807) is 24.3 Å². The number of hydrogen-bond donors (Lipinski definition) is 1. The normalized spacial score (nSPS) is 17.2. The first-order chi connectivity index (χ1) is 14.3. The number of benzene rings is 2. The number of likely N-dealkylation sites (tertiary alicyclic amines) is 1. The molecule has 4 nitrogen and oxygen atoms in total. The predicted octanol–water partition coefficient (Wildman–Crippen LogP) is 3.95. The molecule has 0 unspecified atom stereocenters. The average molecular weight is 437 g/mol. The van der Waals surface area contributed by atoms with E-state index in [1.807, 2.05) is 0 Å². The van der Waals surface area contributed by atoms with Crippen LogP contribution in [0.4, 0.5) is 8.78 Å². The Morgan fingerprint density at radius 3 is 2.17 bits per heavy atom. The number of sulfone groups is 1. The van der Waals surface area contributed by atoms with Crippen LogP contribution in [0.2, 0.25) is 0 Å². The molecular weight excluding hydrogens is 406 g/mol. The highest BCUT2D eigenvalue weighted by Gasteiger charge is 2.22. The van der Waals surface area contributed by atoms with Crippen molar-refractivity contribution in [2.24, 2.45) is 11.7 Å². The lowest BCUT2D eigenvalue weighted by Gasteiger charge is -2.33. The lowest BCUT2D eigenvalue weighted by Crippen LogP contribution is -2.35. The first kappa shape index (κ1) is 22.8. The highest BCUT2D eigenvalue weighted by Crippen LogP contribution is 2.31. The Kier molecular flexibility index (Phi) is 7.60. The minimum Gasteiger partial charge on any atom is -0.330 e. The third-order valence-corrected chi connectivity index (χ3v) is 7.14. The Morgan fingerprint density at radius 1 is 1.03 bits per heavy atom. The molecule has 1 saturated heterocycles. The van der Waals surface area contributed by atoms with Crippen molar-refractivity contribution >= 4 is 9.84 Å². The van der Waals surface area contributed by atoms with Crippen LogP contribution in [0.15, 0.2) is 47.4 Å². The van der Waals surface area contributed by atoms with Crippen LogP contribution in [0.1, 0.15) is 42.7 Å². The lowest BCUT2D eigenvalue weighted by atomic mass is 9.87. The van der Waals surface area contributed by atoms with Crippen LogP contribution in [-0.2, 0) is 9.84 Å². The van der Waals surface area contributed by atoms with Crippen molar-refractivity contribution in [3.05, 3.63) is 65.2 Å². The van der Waals surface area contributed by atoms with Crippen molar-refractivity contribution in [2.45, 2.75) is 36.5 Å². The van der Waals surface area contributed by atoms with Gasteiger partial charge in [0.2, 0.25) is 0 Å². The van der Waals surface area contributed by atoms with Gasteiger partial charge < -0.3 is 10.6 Å². The minimum absolute atomic E-state index is 0.217. The maximum Gasteiger partial charge on any atom is 0.175 e. The molecule has 3 rings (SSSR count). The largest absolute Gasteiger partial charge is 0.330 e. The van der Waals surface area contributed by atoms with Crippen LogP contribution in [0, 0.1) is 17.6 Å². The molecule has 1 aliphatic rings. The molecule has 0 bridgehead atoms. The fourth-order valence-electron chi connectivity index (χ4n) is 4.30. The molecule has 0 saturated carbocycles. The topological polar surface area (TPSA) is 63.4 Å². The first-order valence-corrected chi connectivity index (χ1v) is 12.3. The molecule has 7 heteroatoms. The third kappa shape index (κ3) is 6.09. The van der Waals surface area contributed by atoms with E-state index in [0.717, 1.165) is 63.3 Å². The van der Waals surface area contributed by atoms with Gasteiger partial charge in [-0.25, -0.2) is 17.2 Å². The van der Waals surface area contributed by atoms with E-state index in [9.17, 15) is 17.2 Å². The molecule has 0 aliphatic carbocycles. The molecule has 2 N–H and O–H groups in total. The van der Waals surface area contributed by atoms with Crippen molar-refractivity contribution in [1.29, 1.82) is 0 Å². The summed E-state index contributed by atoms with van der Waals surface area (Å²) in [6.07, 6.45) is 5.17. The van der Waals surface area contributed by atoms with Crippen LogP contribution in [0.3, 0.4) is 0 Å². The highest BCUT2D eigenvalue weighted by molar-refractivity contribution is 7.90. The molecule has 1 atom stereocenters. The highest BCUT2D eigenvalue weighted by atomic mass is 32.2. The molecule has 0 radical (unpaired) electrons. The van der Waals surface area contributed by atoms with Crippen LogP contribution in [-0.4, -0.2) is 45.8 Å². The van der Waals surface area contributed by atoms with E-state index in [2.05, 4.69) is 4.90 Å². The Morgan fingerprint density at radius 2 is 1.63 bits per heavy atom. The summed E-state index contributed by atoms with van der Waals surface area (Å²) in [5.74, 6) is -0.746. The smallest absolute Gasteiger partial charge is 0.175 e. The van der Waals surface area contributed by atoms with Gasteiger partial charge in [0.1, 0.15) is 11.6 Å². The summed E-state index contributed by atoms with van der Waals surface area (Å²) in [5, 5.41) is 0. The van der Waals surface area contributed by atoms with Gasteiger partial charge in [-0.1, -0.05) is 12.1 Å². The zero-order chi connectivity index (χ0) is 21.7. The zero-order valence-corrected chi connectivity index (χ0v) is 18.2. The van der Waals surface area contributed by atoms with Gasteiger partial charge in [0, 0.05) is 18.2 Å².